The van der Waals surface area contributed by atoms with Crippen molar-refractivity contribution >= 4 is 17.7 Å². The van der Waals surface area contributed by atoms with Crippen molar-refractivity contribution in [3.8, 4) is 0 Å². The highest BCUT2D eigenvalue weighted by molar-refractivity contribution is 7.99. The fourth-order valence-electron chi connectivity index (χ4n) is 2.69. The molecule has 1 aromatic carbocycles. The Hall–Kier alpha value is -1.03. The Balaban J connectivity index is 1.56. The summed E-state index contributed by atoms with van der Waals surface area (Å²) >= 11 is 1.98. The predicted molar refractivity (Wildman–Crippen MR) is 87.1 cm³/mol. The molecule has 1 aromatic rings. The third kappa shape index (κ3) is 6.08. The smallest absolute Gasteiger partial charge is 0.220 e. The summed E-state index contributed by atoms with van der Waals surface area (Å²) in [5.74, 6) is 0.775. The van der Waals surface area contributed by atoms with E-state index < -0.39 is 0 Å². The Labute approximate surface area is 130 Å². The Bertz CT molecular complexity index is 446. The quantitative estimate of drug-likeness (QED) is 0.773. The minimum atomic E-state index is -0.224. The van der Waals surface area contributed by atoms with Crippen LogP contribution in [0.3, 0.4) is 0 Å². The summed E-state index contributed by atoms with van der Waals surface area (Å²) in [5.41, 5.74) is 0.615. The minimum Gasteiger partial charge on any atom is -0.355 e. The van der Waals surface area contributed by atoms with Crippen molar-refractivity contribution in [2.45, 2.75) is 50.2 Å². The number of halogens is 1. The molecule has 0 radical (unpaired) electrons. The first-order valence-electron chi connectivity index (χ1n) is 7.87. The van der Waals surface area contributed by atoms with Gasteiger partial charge in [-0.1, -0.05) is 37.5 Å². The molecule has 2 rings (SSSR count). The molecule has 0 bridgehead atoms. The highest BCUT2D eigenvalue weighted by atomic mass is 32.2. The summed E-state index contributed by atoms with van der Waals surface area (Å²) in [6.07, 6.45) is 7.56. The van der Waals surface area contributed by atoms with Crippen LogP contribution in [0.5, 0.6) is 0 Å². The third-order valence-electron chi connectivity index (χ3n) is 3.91. The van der Waals surface area contributed by atoms with Crippen molar-refractivity contribution in [2.75, 3.05) is 12.3 Å². The molecule has 0 aromatic heterocycles. The maximum atomic E-state index is 13.4. The topological polar surface area (TPSA) is 29.1 Å². The molecule has 0 aliphatic heterocycles. The van der Waals surface area contributed by atoms with Crippen molar-refractivity contribution in [2.24, 2.45) is 0 Å². The molecule has 1 N–H and O–H groups in total. The van der Waals surface area contributed by atoms with Gasteiger partial charge in [0.25, 0.3) is 0 Å². The average molecular weight is 309 g/mol. The van der Waals surface area contributed by atoms with Crippen molar-refractivity contribution in [1.82, 2.24) is 5.32 Å². The molecule has 4 heteroatoms. The Morgan fingerprint density at radius 2 is 2.00 bits per heavy atom. The van der Waals surface area contributed by atoms with Crippen LogP contribution >= 0.6 is 11.8 Å². The summed E-state index contributed by atoms with van der Waals surface area (Å²) in [6.45, 7) is 0.720. The van der Waals surface area contributed by atoms with E-state index >= 15 is 0 Å². The van der Waals surface area contributed by atoms with Crippen LogP contribution in [0.4, 0.5) is 4.39 Å². The fourth-order valence-corrected chi connectivity index (χ4v) is 3.91. The van der Waals surface area contributed by atoms with Crippen LogP contribution in [0.15, 0.2) is 24.3 Å². The van der Waals surface area contributed by atoms with Crippen LogP contribution in [-0.4, -0.2) is 23.5 Å². The third-order valence-corrected chi connectivity index (χ3v) is 5.29. The van der Waals surface area contributed by atoms with Gasteiger partial charge in [-0.15, -0.1) is 0 Å². The molecule has 1 fully saturated rings. The van der Waals surface area contributed by atoms with Crippen LogP contribution < -0.4 is 5.32 Å². The first kappa shape index (κ1) is 16.3. The van der Waals surface area contributed by atoms with Gasteiger partial charge >= 0.3 is 0 Å². The van der Waals surface area contributed by atoms with Crippen LogP contribution in [0.2, 0.25) is 0 Å². The van der Waals surface area contributed by atoms with E-state index in [1.807, 2.05) is 11.8 Å². The second kappa shape index (κ2) is 9.08. The second-order valence-electron chi connectivity index (χ2n) is 5.57. The first-order chi connectivity index (χ1) is 10.3. The van der Waals surface area contributed by atoms with E-state index in [0.717, 1.165) is 17.5 Å². The summed E-state index contributed by atoms with van der Waals surface area (Å²) in [4.78, 5) is 11.7. The van der Waals surface area contributed by atoms with E-state index in [9.17, 15) is 9.18 Å². The van der Waals surface area contributed by atoms with Gasteiger partial charge in [0.1, 0.15) is 5.82 Å². The van der Waals surface area contributed by atoms with Crippen LogP contribution in [0, 0.1) is 5.82 Å². The predicted octanol–water partition coefficient (Wildman–Crippen LogP) is 3.94. The second-order valence-corrected chi connectivity index (χ2v) is 6.98. The highest BCUT2D eigenvalue weighted by Crippen LogP contribution is 2.27. The van der Waals surface area contributed by atoms with Crippen LogP contribution in [-0.2, 0) is 11.2 Å². The van der Waals surface area contributed by atoms with Crippen molar-refractivity contribution in [3.63, 3.8) is 0 Å². The number of rotatable bonds is 7. The number of carbonyl (C=O) groups is 1. The molecule has 116 valence electrons. The molecule has 0 saturated heterocycles. The Kier molecular flexibility index (Phi) is 7.07. The van der Waals surface area contributed by atoms with Crippen LogP contribution in [0.25, 0.3) is 0 Å². The lowest BCUT2D eigenvalue weighted by Crippen LogP contribution is -2.26. The summed E-state index contributed by atoms with van der Waals surface area (Å²) in [7, 11) is 0. The number of hydrogen-bond donors (Lipinski definition) is 1. The molecule has 0 heterocycles. The number of hydrogen-bond acceptors (Lipinski definition) is 2. The van der Waals surface area contributed by atoms with E-state index in [4.69, 9.17) is 0 Å². The monoisotopic (exact) mass is 309 g/mol. The van der Waals surface area contributed by atoms with Gasteiger partial charge in [0.05, 0.1) is 0 Å². The molecule has 0 spiro atoms. The van der Waals surface area contributed by atoms with Gasteiger partial charge in [0, 0.05) is 24.0 Å². The lowest BCUT2D eigenvalue weighted by molar-refractivity contribution is -0.120. The Morgan fingerprint density at radius 3 is 2.76 bits per heavy atom. The zero-order valence-corrected chi connectivity index (χ0v) is 13.3. The summed E-state index contributed by atoms with van der Waals surface area (Å²) < 4.78 is 13.4. The molecule has 1 amide bonds. The number of carbonyl (C=O) groups excluding carboxylic acids is 1. The van der Waals surface area contributed by atoms with Gasteiger partial charge in [0.15, 0.2) is 0 Å². The van der Waals surface area contributed by atoms with E-state index in [1.165, 1.54) is 38.2 Å². The normalized spacial score (nSPS) is 15.9. The molecule has 0 unspecified atom stereocenters. The zero-order valence-electron chi connectivity index (χ0n) is 12.4. The molecule has 1 aliphatic carbocycles. The van der Waals surface area contributed by atoms with Crippen molar-refractivity contribution in [1.29, 1.82) is 0 Å². The molecular weight excluding hydrogens is 285 g/mol. The molecule has 0 atom stereocenters. The lowest BCUT2D eigenvalue weighted by atomic mass is 10.0. The van der Waals surface area contributed by atoms with Gasteiger partial charge in [-0.05, 0) is 30.9 Å². The SMILES string of the molecule is O=C(CCc1ccccc1F)NCCSC1CCCCC1. The summed E-state index contributed by atoms with van der Waals surface area (Å²) in [6, 6.07) is 6.65. The maximum Gasteiger partial charge on any atom is 0.220 e. The molecule has 1 aliphatic rings. The average Bonchev–Trinajstić information content (AvgIpc) is 2.52. The fraction of sp³-hybridized carbons (Fsp3) is 0.588. The van der Waals surface area contributed by atoms with E-state index in [1.54, 1.807) is 18.2 Å². The molecule has 2 nitrogen and oxygen atoms in total. The first-order valence-corrected chi connectivity index (χ1v) is 8.92. The van der Waals surface area contributed by atoms with Crippen molar-refractivity contribution < 1.29 is 9.18 Å². The van der Waals surface area contributed by atoms with E-state index in [2.05, 4.69) is 5.32 Å². The van der Waals surface area contributed by atoms with Gasteiger partial charge in [-0.2, -0.15) is 11.8 Å². The number of aryl methyl sites for hydroxylation is 1. The Morgan fingerprint density at radius 1 is 1.24 bits per heavy atom. The number of benzene rings is 1. The molecular formula is C17H24FNOS. The zero-order chi connectivity index (χ0) is 14.9. The standard InChI is InChI=1S/C17H24FNOS/c18-16-9-5-4-6-14(16)10-11-17(20)19-12-13-21-15-7-2-1-3-8-15/h4-6,9,15H,1-3,7-8,10-13H2,(H,19,20). The van der Waals surface area contributed by atoms with Gasteiger partial charge in [-0.3, -0.25) is 4.79 Å². The minimum absolute atomic E-state index is 0.0162. The number of thioether (sulfide) groups is 1. The van der Waals surface area contributed by atoms with Gasteiger partial charge in [-0.25, -0.2) is 4.39 Å². The van der Waals surface area contributed by atoms with Gasteiger partial charge in [0.2, 0.25) is 5.91 Å². The van der Waals surface area contributed by atoms with E-state index in [0.29, 0.717) is 18.4 Å². The van der Waals surface area contributed by atoms with Crippen LogP contribution in [0.1, 0.15) is 44.1 Å². The largest absolute Gasteiger partial charge is 0.355 e. The van der Waals surface area contributed by atoms with E-state index in [-0.39, 0.29) is 11.7 Å². The lowest BCUT2D eigenvalue weighted by Gasteiger charge is -2.20. The number of amides is 1. The number of nitrogens with one attached hydrogen (secondary N) is 1. The van der Waals surface area contributed by atoms with Crippen molar-refractivity contribution in [3.05, 3.63) is 35.6 Å². The maximum absolute atomic E-state index is 13.4. The highest BCUT2D eigenvalue weighted by Gasteiger charge is 2.13. The van der Waals surface area contributed by atoms with Gasteiger partial charge < -0.3 is 5.32 Å². The molecule has 1 saturated carbocycles. The summed E-state index contributed by atoms with van der Waals surface area (Å²) in [5, 5.41) is 3.72. The molecule has 21 heavy (non-hydrogen) atoms.